The van der Waals surface area contributed by atoms with E-state index in [0.29, 0.717) is 0 Å². The molecule has 2 aromatic carbocycles. The van der Waals surface area contributed by atoms with Crippen molar-refractivity contribution in [2.75, 3.05) is 6.26 Å². The van der Waals surface area contributed by atoms with E-state index in [4.69, 9.17) is 0 Å². The van der Waals surface area contributed by atoms with Crippen molar-refractivity contribution in [1.82, 2.24) is 0 Å². The lowest BCUT2D eigenvalue weighted by Gasteiger charge is -2.00. The van der Waals surface area contributed by atoms with Crippen LogP contribution < -0.4 is 0 Å². The number of hydrogen-bond donors (Lipinski definition) is 0. The van der Waals surface area contributed by atoms with Crippen LogP contribution in [0.3, 0.4) is 0 Å². The molecule has 2 heteroatoms. The van der Waals surface area contributed by atoms with Gasteiger partial charge in [-0.25, -0.2) is 0 Å². The van der Waals surface area contributed by atoms with E-state index < -0.39 is 0 Å². The molecule has 0 aromatic heterocycles. The van der Waals surface area contributed by atoms with Gasteiger partial charge in [0.1, 0.15) is 17.0 Å². The smallest absolute Gasteiger partial charge is 0.0619 e. The van der Waals surface area contributed by atoms with Crippen LogP contribution in [0.4, 0.5) is 0 Å². The fourth-order valence-electron chi connectivity index (χ4n) is 1.40. The fourth-order valence-corrected chi connectivity index (χ4v) is 4.39. The van der Waals surface area contributed by atoms with E-state index in [2.05, 4.69) is 67.8 Å². The summed E-state index contributed by atoms with van der Waals surface area (Å²) in [4.78, 5) is 2.76. The molecule has 0 bridgehead atoms. The lowest BCUT2D eigenvalue weighted by atomic mass is 10.2. The minimum atomic E-state index is 0.226. The first-order valence-corrected chi connectivity index (χ1v) is 8.18. The highest BCUT2D eigenvalue weighted by molar-refractivity contribution is 8.74. The molecule has 2 aromatic rings. The Kier molecular flexibility index (Phi) is 3.97. The maximum Gasteiger partial charge on any atom is 0.167 e. The van der Waals surface area contributed by atoms with E-state index in [1.165, 1.54) is 15.4 Å². The van der Waals surface area contributed by atoms with Gasteiger partial charge >= 0.3 is 0 Å². The quantitative estimate of drug-likeness (QED) is 0.575. The Morgan fingerprint density at radius 2 is 1.50 bits per heavy atom. The zero-order valence-corrected chi connectivity index (χ0v) is 11.1. The molecular weight excluding hydrogens is 232 g/mol. The van der Waals surface area contributed by atoms with Crippen molar-refractivity contribution in [2.24, 2.45) is 0 Å². The van der Waals surface area contributed by atoms with Gasteiger partial charge < -0.3 is 0 Å². The molecule has 0 nitrogen and oxygen atoms in total. The van der Waals surface area contributed by atoms with Gasteiger partial charge in [-0.2, -0.15) is 0 Å². The van der Waals surface area contributed by atoms with Gasteiger partial charge in [0.25, 0.3) is 0 Å². The summed E-state index contributed by atoms with van der Waals surface area (Å²) in [5.74, 6) is 0. The Morgan fingerprint density at radius 3 is 2.12 bits per heavy atom. The normalized spacial score (nSPS) is 12.4. The minimum Gasteiger partial charge on any atom is -0.0619 e. The number of hydrogen-bond acceptors (Lipinski definition) is 1. The molecule has 0 saturated heterocycles. The highest BCUT2D eigenvalue weighted by Crippen LogP contribution is 2.30. The van der Waals surface area contributed by atoms with Gasteiger partial charge in [-0.15, -0.1) is 0 Å². The Hall–Kier alpha value is -0.860. The van der Waals surface area contributed by atoms with Crippen LogP contribution >= 0.6 is 10.8 Å². The van der Waals surface area contributed by atoms with Gasteiger partial charge in [0.15, 0.2) is 4.90 Å². The summed E-state index contributed by atoms with van der Waals surface area (Å²) in [5.41, 5.74) is 1.32. The van der Waals surface area contributed by atoms with Gasteiger partial charge in [-0.05, 0) is 31.2 Å². The van der Waals surface area contributed by atoms with Gasteiger partial charge in [0.2, 0.25) is 0 Å². The standard InChI is InChI=1S/C14H15S2/c1-12-8-10-13(11-9-12)15-16(2)14-6-4-3-5-7-14/h3-11H,1-2H3/q+1. The molecule has 0 aliphatic heterocycles. The number of rotatable bonds is 3. The summed E-state index contributed by atoms with van der Waals surface area (Å²) < 4.78 is 0. The fraction of sp³-hybridized carbons (Fsp3) is 0.143. The molecule has 0 spiro atoms. The molecule has 0 amide bonds. The highest BCUT2D eigenvalue weighted by atomic mass is 33.1. The SMILES string of the molecule is Cc1ccc(S[S+](C)c2ccccc2)cc1. The molecule has 0 aliphatic carbocycles. The maximum atomic E-state index is 2.28. The molecule has 0 fully saturated rings. The molecule has 0 heterocycles. The Labute approximate surface area is 104 Å². The van der Waals surface area contributed by atoms with E-state index in [9.17, 15) is 0 Å². The van der Waals surface area contributed by atoms with Crippen LogP contribution in [0.25, 0.3) is 0 Å². The molecule has 0 saturated carbocycles. The lowest BCUT2D eigenvalue weighted by molar-refractivity contribution is 1.38. The van der Waals surface area contributed by atoms with Crippen LogP contribution in [-0.4, -0.2) is 6.26 Å². The lowest BCUT2D eigenvalue weighted by Crippen LogP contribution is -1.92. The summed E-state index contributed by atoms with van der Waals surface area (Å²) >= 11 is 0. The summed E-state index contributed by atoms with van der Waals surface area (Å²) in [6.45, 7) is 2.12. The van der Waals surface area contributed by atoms with Crippen LogP contribution in [0.15, 0.2) is 64.4 Å². The first-order chi connectivity index (χ1) is 7.75. The second-order valence-corrected chi connectivity index (χ2v) is 7.68. The van der Waals surface area contributed by atoms with Crippen molar-refractivity contribution in [3.05, 3.63) is 60.2 Å². The van der Waals surface area contributed by atoms with Crippen molar-refractivity contribution in [3.63, 3.8) is 0 Å². The van der Waals surface area contributed by atoms with E-state index in [0.717, 1.165) is 0 Å². The van der Waals surface area contributed by atoms with Crippen LogP contribution in [0.2, 0.25) is 0 Å². The Balaban J connectivity index is 2.08. The molecular formula is C14H15S2+. The predicted octanol–water partition coefficient (Wildman–Crippen LogP) is 4.31. The van der Waals surface area contributed by atoms with Gasteiger partial charge in [0.05, 0.1) is 14.8 Å². The minimum absolute atomic E-state index is 0.226. The predicted molar refractivity (Wildman–Crippen MR) is 75.0 cm³/mol. The van der Waals surface area contributed by atoms with E-state index in [-0.39, 0.29) is 9.93 Å². The highest BCUT2D eigenvalue weighted by Gasteiger charge is 2.17. The zero-order chi connectivity index (χ0) is 11.4. The van der Waals surface area contributed by atoms with Gasteiger partial charge in [0, 0.05) is 0 Å². The third-order valence-electron chi connectivity index (χ3n) is 2.32. The third kappa shape index (κ3) is 3.06. The van der Waals surface area contributed by atoms with Crippen LogP contribution in [0.5, 0.6) is 0 Å². The second kappa shape index (κ2) is 5.46. The van der Waals surface area contributed by atoms with E-state index in [1.54, 1.807) is 0 Å². The van der Waals surface area contributed by atoms with Crippen molar-refractivity contribution in [1.29, 1.82) is 0 Å². The molecule has 0 radical (unpaired) electrons. The summed E-state index contributed by atoms with van der Waals surface area (Å²) in [5, 5.41) is 0. The van der Waals surface area contributed by atoms with Crippen LogP contribution in [0, 0.1) is 6.92 Å². The van der Waals surface area contributed by atoms with Gasteiger partial charge in [-0.3, -0.25) is 0 Å². The third-order valence-corrected chi connectivity index (χ3v) is 5.87. The first-order valence-electron chi connectivity index (χ1n) is 5.22. The summed E-state index contributed by atoms with van der Waals surface area (Å²) in [6.07, 6.45) is 2.28. The Bertz CT molecular complexity index is 434. The van der Waals surface area contributed by atoms with Crippen molar-refractivity contribution >= 4 is 20.7 Å². The van der Waals surface area contributed by atoms with Crippen molar-refractivity contribution in [3.8, 4) is 0 Å². The maximum absolute atomic E-state index is 2.28. The first kappa shape index (κ1) is 11.6. The zero-order valence-electron chi connectivity index (χ0n) is 9.51. The largest absolute Gasteiger partial charge is 0.167 e. The molecule has 2 rings (SSSR count). The van der Waals surface area contributed by atoms with E-state index >= 15 is 0 Å². The van der Waals surface area contributed by atoms with Crippen LogP contribution in [-0.2, 0) is 9.93 Å². The summed E-state index contributed by atoms with van der Waals surface area (Å²) in [6, 6.07) is 19.4. The van der Waals surface area contributed by atoms with Crippen molar-refractivity contribution in [2.45, 2.75) is 16.7 Å². The van der Waals surface area contributed by atoms with E-state index in [1.807, 2.05) is 10.8 Å². The molecule has 1 atom stereocenters. The number of aryl methyl sites for hydroxylation is 1. The monoisotopic (exact) mass is 247 g/mol. The van der Waals surface area contributed by atoms with Gasteiger partial charge in [-0.1, -0.05) is 35.9 Å². The molecule has 0 N–H and O–H groups in total. The average molecular weight is 247 g/mol. The topological polar surface area (TPSA) is 0 Å². The second-order valence-electron chi connectivity index (χ2n) is 3.66. The Morgan fingerprint density at radius 1 is 0.875 bits per heavy atom. The molecule has 0 aliphatic rings. The average Bonchev–Trinajstić information content (AvgIpc) is 2.33. The van der Waals surface area contributed by atoms with Crippen molar-refractivity contribution < 1.29 is 0 Å². The molecule has 1 unspecified atom stereocenters. The molecule has 16 heavy (non-hydrogen) atoms. The number of benzene rings is 2. The molecule has 82 valence electrons. The summed E-state index contributed by atoms with van der Waals surface area (Å²) in [7, 11) is 2.16. The van der Waals surface area contributed by atoms with Crippen LogP contribution in [0.1, 0.15) is 5.56 Å².